The molecule has 0 aromatic heterocycles. The summed E-state index contributed by atoms with van der Waals surface area (Å²) in [5, 5.41) is 3.13. The smallest absolute Gasteiger partial charge is 0.158 e. The quantitative estimate of drug-likeness (QED) is 0.619. The SMILES string of the molecule is CCOCC(=O)CC1CNC1. The molecule has 1 rings (SSSR count). The van der Waals surface area contributed by atoms with Gasteiger partial charge in [-0.2, -0.15) is 0 Å². The molecule has 0 atom stereocenters. The fraction of sp³-hybridized carbons (Fsp3) is 0.875. The Morgan fingerprint density at radius 3 is 2.82 bits per heavy atom. The minimum atomic E-state index is 0.235. The van der Waals surface area contributed by atoms with Gasteiger partial charge in [0.2, 0.25) is 0 Å². The number of hydrogen-bond acceptors (Lipinski definition) is 3. The molecule has 1 aliphatic heterocycles. The van der Waals surface area contributed by atoms with Gasteiger partial charge in [0, 0.05) is 13.0 Å². The van der Waals surface area contributed by atoms with Gasteiger partial charge < -0.3 is 10.1 Å². The van der Waals surface area contributed by atoms with Crippen LogP contribution in [-0.4, -0.2) is 32.1 Å². The molecule has 1 heterocycles. The lowest BCUT2D eigenvalue weighted by Gasteiger charge is -2.26. The minimum absolute atomic E-state index is 0.235. The second kappa shape index (κ2) is 4.46. The zero-order chi connectivity index (χ0) is 8.10. The van der Waals surface area contributed by atoms with Crippen LogP contribution in [0.15, 0.2) is 0 Å². The van der Waals surface area contributed by atoms with E-state index in [1.807, 2.05) is 6.92 Å². The third-order valence-corrected chi connectivity index (χ3v) is 1.85. The van der Waals surface area contributed by atoms with Crippen LogP contribution in [0.5, 0.6) is 0 Å². The summed E-state index contributed by atoms with van der Waals surface area (Å²) in [6.07, 6.45) is 0.688. The summed E-state index contributed by atoms with van der Waals surface area (Å²) < 4.78 is 4.99. The molecule has 11 heavy (non-hydrogen) atoms. The lowest BCUT2D eigenvalue weighted by Crippen LogP contribution is -2.43. The zero-order valence-electron chi connectivity index (χ0n) is 6.93. The third-order valence-electron chi connectivity index (χ3n) is 1.85. The highest BCUT2D eigenvalue weighted by atomic mass is 16.5. The molecular weight excluding hydrogens is 142 g/mol. The minimum Gasteiger partial charge on any atom is -0.374 e. The first-order valence-corrected chi connectivity index (χ1v) is 4.13. The average Bonchev–Trinajstić information content (AvgIpc) is 1.93. The highest BCUT2D eigenvalue weighted by Gasteiger charge is 2.19. The summed E-state index contributed by atoms with van der Waals surface area (Å²) in [6.45, 7) is 4.83. The Morgan fingerprint density at radius 2 is 2.36 bits per heavy atom. The van der Waals surface area contributed by atoms with E-state index in [9.17, 15) is 4.79 Å². The fourth-order valence-corrected chi connectivity index (χ4v) is 1.09. The standard InChI is InChI=1S/C8H15NO2/c1-2-11-6-8(10)3-7-4-9-5-7/h7,9H,2-6H2,1H3. The maximum atomic E-state index is 11.1. The lowest BCUT2D eigenvalue weighted by molar-refractivity contribution is -0.124. The van der Waals surface area contributed by atoms with Crippen LogP contribution >= 0.6 is 0 Å². The van der Waals surface area contributed by atoms with Gasteiger partial charge in [0.05, 0.1) is 0 Å². The van der Waals surface area contributed by atoms with Gasteiger partial charge in [0.15, 0.2) is 5.78 Å². The van der Waals surface area contributed by atoms with Gasteiger partial charge in [-0.3, -0.25) is 4.79 Å². The van der Waals surface area contributed by atoms with Crippen molar-refractivity contribution in [3.63, 3.8) is 0 Å². The van der Waals surface area contributed by atoms with Crippen LogP contribution in [0, 0.1) is 5.92 Å². The molecule has 0 saturated carbocycles. The van der Waals surface area contributed by atoms with Gasteiger partial charge in [0.1, 0.15) is 6.61 Å². The average molecular weight is 157 g/mol. The summed E-state index contributed by atoms with van der Waals surface area (Å²) in [7, 11) is 0. The van der Waals surface area contributed by atoms with Crippen molar-refractivity contribution in [3.8, 4) is 0 Å². The molecule has 1 fully saturated rings. The van der Waals surface area contributed by atoms with Crippen molar-refractivity contribution in [2.75, 3.05) is 26.3 Å². The first kappa shape index (κ1) is 8.68. The van der Waals surface area contributed by atoms with Gasteiger partial charge in [0.25, 0.3) is 0 Å². The molecule has 64 valence electrons. The molecule has 0 aromatic rings. The number of Topliss-reactive ketones (excluding diaryl/α,β-unsaturated/α-hetero) is 1. The predicted molar refractivity (Wildman–Crippen MR) is 42.5 cm³/mol. The maximum absolute atomic E-state index is 11.1. The molecular formula is C8H15NO2. The van der Waals surface area contributed by atoms with Crippen molar-refractivity contribution in [3.05, 3.63) is 0 Å². The van der Waals surface area contributed by atoms with Crippen molar-refractivity contribution in [1.29, 1.82) is 0 Å². The summed E-state index contributed by atoms with van der Waals surface area (Å²) >= 11 is 0. The second-order valence-corrected chi connectivity index (χ2v) is 2.90. The summed E-state index contributed by atoms with van der Waals surface area (Å²) in [5.41, 5.74) is 0. The largest absolute Gasteiger partial charge is 0.374 e. The normalized spacial score (nSPS) is 17.9. The molecule has 3 nitrogen and oxygen atoms in total. The molecule has 0 aromatic carbocycles. The Bertz CT molecular complexity index is 132. The van der Waals surface area contributed by atoms with Crippen LogP contribution in [0.25, 0.3) is 0 Å². The molecule has 0 aliphatic carbocycles. The van der Waals surface area contributed by atoms with E-state index in [0.29, 0.717) is 25.6 Å². The van der Waals surface area contributed by atoms with Crippen LogP contribution in [0.1, 0.15) is 13.3 Å². The number of hydrogen-bond donors (Lipinski definition) is 1. The van der Waals surface area contributed by atoms with Gasteiger partial charge in [-0.1, -0.05) is 0 Å². The maximum Gasteiger partial charge on any atom is 0.158 e. The zero-order valence-corrected chi connectivity index (χ0v) is 6.93. The van der Waals surface area contributed by atoms with Crippen LogP contribution < -0.4 is 5.32 Å². The Kier molecular flexibility index (Phi) is 3.52. The van der Waals surface area contributed by atoms with E-state index in [0.717, 1.165) is 13.1 Å². The van der Waals surface area contributed by atoms with Gasteiger partial charge in [-0.05, 0) is 25.9 Å². The Morgan fingerprint density at radius 1 is 1.64 bits per heavy atom. The summed E-state index contributed by atoms with van der Waals surface area (Å²) in [6, 6.07) is 0. The Labute approximate surface area is 67.1 Å². The number of rotatable bonds is 5. The van der Waals surface area contributed by atoms with E-state index in [4.69, 9.17) is 4.74 Å². The lowest BCUT2D eigenvalue weighted by atomic mass is 9.97. The fourth-order valence-electron chi connectivity index (χ4n) is 1.09. The first-order chi connectivity index (χ1) is 5.33. The first-order valence-electron chi connectivity index (χ1n) is 4.13. The third kappa shape index (κ3) is 2.99. The molecule has 0 amide bonds. The molecule has 1 aliphatic rings. The summed E-state index contributed by atoms with van der Waals surface area (Å²) in [5.74, 6) is 0.807. The van der Waals surface area contributed by atoms with E-state index in [1.54, 1.807) is 0 Å². The van der Waals surface area contributed by atoms with Crippen LogP contribution in [0.3, 0.4) is 0 Å². The highest BCUT2D eigenvalue weighted by Crippen LogP contribution is 2.08. The van der Waals surface area contributed by atoms with Gasteiger partial charge in [-0.25, -0.2) is 0 Å². The van der Waals surface area contributed by atoms with Crippen molar-refractivity contribution in [2.24, 2.45) is 5.92 Å². The molecule has 0 spiro atoms. The summed E-state index contributed by atoms with van der Waals surface area (Å²) in [4.78, 5) is 11.1. The van der Waals surface area contributed by atoms with Crippen molar-refractivity contribution >= 4 is 5.78 Å². The van der Waals surface area contributed by atoms with E-state index >= 15 is 0 Å². The van der Waals surface area contributed by atoms with Crippen molar-refractivity contribution in [1.82, 2.24) is 5.32 Å². The molecule has 1 N–H and O–H groups in total. The van der Waals surface area contributed by atoms with Gasteiger partial charge >= 0.3 is 0 Å². The number of nitrogens with one attached hydrogen (secondary N) is 1. The van der Waals surface area contributed by atoms with Crippen LogP contribution in [0.2, 0.25) is 0 Å². The van der Waals surface area contributed by atoms with E-state index in [2.05, 4.69) is 5.32 Å². The highest BCUT2D eigenvalue weighted by molar-refractivity contribution is 5.80. The topological polar surface area (TPSA) is 38.3 Å². The molecule has 3 heteroatoms. The van der Waals surface area contributed by atoms with Gasteiger partial charge in [-0.15, -0.1) is 0 Å². The van der Waals surface area contributed by atoms with Crippen LogP contribution in [-0.2, 0) is 9.53 Å². The van der Waals surface area contributed by atoms with Crippen molar-refractivity contribution in [2.45, 2.75) is 13.3 Å². The number of carbonyl (C=O) groups excluding carboxylic acids is 1. The number of ether oxygens (including phenoxy) is 1. The Hall–Kier alpha value is -0.410. The van der Waals surface area contributed by atoms with E-state index < -0.39 is 0 Å². The molecule has 0 radical (unpaired) electrons. The Balaban J connectivity index is 2.00. The van der Waals surface area contributed by atoms with E-state index in [-0.39, 0.29) is 5.78 Å². The number of carbonyl (C=O) groups is 1. The monoisotopic (exact) mass is 157 g/mol. The predicted octanol–water partition coefficient (Wildman–Crippen LogP) is 0.201. The van der Waals surface area contributed by atoms with Crippen molar-refractivity contribution < 1.29 is 9.53 Å². The van der Waals surface area contributed by atoms with Crippen LogP contribution in [0.4, 0.5) is 0 Å². The second-order valence-electron chi connectivity index (χ2n) is 2.90. The number of ketones is 1. The molecule has 0 unspecified atom stereocenters. The van der Waals surface area contributed by atoms with E-state index in [1.165, 1.54) is 0 Å². The molecule has 1 saturated heterocycles. The molecule has 0 bridgehead atoms.